The van der Waals surface area contributed by atoms with E-state index in [0.29, 0.717) is 16.8 Å². The molecule has 23 heavy (non-hydrogen) atoms. The summed E-state index contributed by atoms with van der Waals surface area (Å²) in [5.41, 5.74) is 2.22. The molecule has 0 aromatic heterocycles. The second-order valence-corrected chi connectivity index (χ2v) is 6.35. The highest BCUT2D eigenvalue weighted by Gasteiger charge is 2.32. The van der Waals surface area contributed by atoms with Crippen LogP contribution in [0.3, 0.4) is 0 Å². The normalized spacial score (nSPS) is 14.0. The van der Waals surface area contributed by atoms with Crippen molar-refractivity contribution < 1.29 is 9.90 Å². The number of hydrogen-bond acceptors (Lipinski definition) is 4. The van der Waals surface area contributed by atoms with Crippen molar-refractivity contribution in [2.75, 3.05) is 0 Å². The monoisotopic (exact) mass is 414 g/mol. The van der Waals surface area contributed by atoms with E-state index < -0.39 is 0 Å². The number of nitriles is 1. The molecule has 1 N–H and O–H groups in total. The summed E-state index contributed by atoms with van der Waals surface area (Å²) in [4.78, 5) is 16.8. The highest BCUT2D eigenvalue weighted by Crippen LogP contribution is 2.32. The molecule has 0 radical (unpaired) electrons. The number of aryl methyl sites for hydroxylation is 1. The third-order valence-electron chi connectivity index (χ3n) is 3.62. The van der Waals surface area contributed by atoms with Gasteiger partial charge < -0.3 is 5.11 Å². The van der Waals surface area contributed by atoms with Crippen molar-refractivity contribution >= 4 is 45.5 Å². The molecule has 0 saturated heterocycles. The number of hydrogen-bond donors (Lipinski definition) is 1. The lowest BCUT2D eigenvalue weighted by molar-refractivity contribution is 0.104. The van der Waals surface area contributed by atoms with E-state index in [9.17, 15) is 15.2 Å². The molecular formula is C18H11IN2O2. The molecular weight excluding hydrogens is 403 g/mol. The van der Waals surface area contributed by atoms with Crippen LogP contribution in [-0.4, -0.2) is 16.6 Å². The number of nitrogens with zero attached hydrogens (tertiary/aromatic N) is 2. The lowest BCUT2D eigenvalue weighted by atomic mass is 10.1. The van der Waals surface area contributed by atoms with E-state index in [1.165, 1.54) is 0 Å². The van der Waals surface area contributed by atoms with Crippen LogP contribution < -0.4 is 0 Å². The van der Waals surface area contributed by atoms with E-state index in [-0.39, 0.29) is 22.8 Å². The van der Waals surface area contributed by atoms with Crippen LogP contribution in [0.25, 0.3) is 5.76 Å². The Balaban J connectivity index is 2.13. The Kier molecular flexibility index (Phi) is 4.01. The standard InChI is InChI=1S/C18H11IN2O2/c1-10-8-11(19)6-7-14(10)21-15(9-20)16-17(22)12-4-2-3-5-13(12)18(16)23/h2-8,22H,1H3. The highest BCUT2D eigenvalue weighted by molar-refractivity contribution is 14.1. The van der Waals surface area contributed by atoms with Crippen LogP contribution in [0.15, 0.2) is 53.0 Å². The number of carbonyl (C=O) groups is 1. The van der Waals surface area contributed by atoms with Gasteiger partial charge in [0.25, 0.3) is 0 Å². The molecule has 0 saturated carbocycles. The number of aliphatic hydroxyl groups excluding tert-OH is 1. The summed E-state index contributed by atoms with van der Waals surface area (Å²) >= 11 is 2.19. The van der Waals surface area contributed by atoms with Crippen LogP contribution in [0.1, 0.15) is 21.5 Å². The number of ketones is 1. The summed E-state index contributed by atoms with van der Waals surface area (Å²) < 4.78 is 1.06. The van der Waals surface area contributed by atoms with Gasteiger partial charge in [-0.2, -0.15) is 5.26 Å². The van der Waals surface area contributed by atoms with Gasteiger partial charge in [-0.15, -0.1) is 0 Å². The van der Waals surface area contributed by atoms with Gasteiger partial charge in [-0.05, 0) is 53.3 Å². The number of aliphatic hydroxyl groups is 1. The predicted molar refractivity (Wildman–Crippen MR) is 96.9 cm³/mol. The molecule has 0 fully saturated rings. The number of allylic oxidation sites excluding steroid dienone is 1. The van der Waals surface area contributed by atoms with Crippen LogP contribution in [0.2, 0.25) is 0 Å². The lowest BCUT2D eigenvalue weighted by Gasteiger charge is -2.03. The first-order valence-electron chi connectivity index (χ1n) is 6.85. The Bertz CT molecular complexity index is 936. The number of halogens is 1. The number of Topliss-reactive ketones (excluding diaryl/α,β-unsaturated/α-hetero) is 1. The molecule has 1 aliphatic rings. The van der Waals surface area contributed by atoms with E-state index in [2.05, 4.69) is 27.6 Å². The highest BCUT2D eigenvalue weighted by atomic mass is 127. The van der Waals surface area contributed by atoms with Crippen LogP contribution in [0, 0.1) is 21.8 Å². The van der Waals surface area contributed by atoms with E-state index in [0.717, 1.165) is 9.13 Å². The van der Waals surface area contributed by atoms with Crippen molar-refractivity contribution in [1.82, 2.24) is 0 Å². The quantitative estimate of drug-likeness (QED) is 0.586. The summed E-state index contributed by atoms with van der Waals surface area (Å²) in [5, 5.41) is 19.8. The molecule has 0 amide bonds. The van der Waals surface area contributed by atoms with Gasteiger partial charge in [-0.3, -0.25) is 4.79 Å². The Morgan fingerprint density at radius 2 is 1.91 bits per heavy atom. The molecule has 3 rings (SSSR count). The molecule has 5 heteroatoms. The Morgan fingerprint density at radius 3 is 2.52 bits per heavy atom. The zero-order chi connectivity index (χ0) is 16.6. The predicted octanol–water partition coefficient (Wildman–Crippen LogP) is 4.36. The fourth-order valence-electron chi connectivity index (χ4n) is 2.49. The second-order valence-electron chi connectivity index (χ2n) is 5.10. The van der Waals surface area contributed by atoms with Gasteiger partial charge in [0.2, 0.25) is 0 Å². The van der Waals surface area contributed by atoms with E-state index in [4.69, 9.17) is 0 Å². The van der Waals surface area contributed by atoms with Crippen molar-refractivity contribution in [3.05, 3.63) is 68.3 Å². The summed E-state index contributed by atoms with van der Waals surface area (Å²) in [5.74, 6) is -0.560. The first-order valence-corrected chi connectivity index (χ1v) is 7.93. The third kappa shape index (κ3) is 2.66. The number of aliphatic imine (C=N–C) groups is 1. The number of carbonyl (C=O) groups excluding carboxylic acids is 1. The van der Waals surface area contributed by atoms with Gasteiger partial charge >= 0.3 is 0 Å². The summed E-state index contributed by atoms with van der Waals surface area (Å²) in [6, 6.07) is 14.3. The minimum Gasteiger partial charge on any atom is -0.506 e. The molecule has 1 aliphatic carbocycles. The molecule has 0 spiro atoms. The van der Waals surface area contributed by atoms with Crippen LogP contribution >= 0.6 is 22.6 Å². The fourth-order valence-corrected chi connectivity index (χ4v) is 3.13. The van der Waals surface area contributed by atoms with Gasteiger partial charge in [0.1, 0.15) is 17.4 Å². The molecule has 0 atom stereocenters. The van der Waals surface area contributed by atoms with E-state index in [1.807, 2.05) is 25.1 Å². The number of benzene rings is 2. The van der Waals surface area contributed by atoms with Crippen molar-refractivity contribution in [2.45, 2.75) is 6.92 Å². The summed E-state index contributed by atoms with van der Waals surface area (Å²) in [7, 11) is 0. The topological polar surface area (TPSA) is 73.4 Å². The van der Waals surface area contributed by atoms with E-state index in [1.54, 1.807) is 30.3 Å². The number of rotatable bonds is 2. The molecule has 0 heterocycles. The van der Waals surface area contributed by atoms with Crippen LogP contribution in [-0.2, 0) is 0 Å². The first kappa shape index (κ1) is 15.4. The first-order chi connectivity index (χ1) is 11.0. The molecule has 2 aromatic carbocycles. The maximum Gasteiger partial charge on any atom is 0.200 e. The molecule has 0 unspecified atom stereocenters. The molecule has 2 aromatic rings. The van der Waals surface area contributed by atoms with Crippen LogP contribution in [0.4, 0.5) is 5.69 Å². The maximum absolute atomic E-state index is 12.5. The van der Waals surface area contributed by atoms with Crippen molar-refractivity contribution in [3.63, 3.8) is 0 Å². The Morgan fingerprint density at radius 1 is 1.22 bits per heavy atom. The molecule has 112 valence electrons. The van der Waals surface area contributed by atoms with Crippen LogP contribution in [0.5, 0.6) is 0 Å². The molecule has 0 bridgehead atoms. The van der Waals surface area contributed by atoms with E-state index >= 15 is 0 Å². The average molecular weight is 414 g/mol. The van der Waals surface area contributed by atoms with Gasteiger partial charge in [0.15, 0.2) is 11.5 Å². The van der Waals surface area contributed by atoms with Gasteiger partial charge in [-0.25, -0.2) is 4.99 Å². The second kappa shape index (κ2) is 5.97. The zero-order valence-electron chi connectivity index (χ0n) is 12.2. The Hall–Kier alpha value is -2.46. The average Bonchev–Trinajstić information content (AvgIpc) is 2.79. The third-order valence-corrected chi connectivity index (χ3v) is 4.30. The summed E-state index contributed by atoms with van der Waals surface area (Å²) in [6.45, 7) is 1.88. The van der Waals surface area contributed by atoms with Crippen molar-refractivity contribution in [1.29, 1.82) is 5.26 Å². The molecule has 0 aliphatic heterocycles. The smallest absolute Gasteiger partial charge is 0.200 e. The fraction of sp³-hybridized carbons (Fsp3) is 0.0556. The zero-order valence-corrected chi connectivity index (χ0v) is 14.3. The minimum atomic E-state index is -0.374. The lowest BCUT2D eigenvalue weighted by Crippen LogP contribution is -2.09. The summed E-state index contributed by atoms with van der Waals surface area (Å²) in [6.07, 6.45) is 0. The van der Waals surface area contributed by atoms with Crippen molar-refractivity contribution in [3.8, 4) is 6.07 Å². The SMILES string of the molecule is Cc1cc(I)ccc1N=C(C#N)C1=C(O)c2ccccc2C1=O. The largest absolute Gasteiger partial charge is 0.506 e. The van der Waals surface area contributed by atoms with Gasteiger partial charge in [0.05, 0.1) is 5.69 Å². The molecule has 4 nitrogen and oxygen atoms in total. The van der Waals surface area contributed by atoms with Crippen molar-refractivity contribution in [2.24, 2.45) is 4.99 Å². The maximum atomic E-state index is 12.5. The number of fused-ring (bicyclic) bond motifs is 1. The van der Waals surface area contributed by atoms with Gasteiger partial charge in [0, 0.05) is 14.7 Å². The van der Waals surface area contributed by atoms with Gasteiger partial charge in [-0.1, -0.05) is 24.3 Å². The minimum absolute atomic E-state index is 0.0355. The Labute approximate surface area is 146 Å².